The minimum absolute atomic E-state index is 0.248. The number of nitrogens with one attached hydrogen (secondary N) is 1. The second kappa shape index (κ2) is 4.96. The molecule has 0 fully saturated rings. The van der Waals surface area contributed by atoms with Crippen molar-refractivity contribution in [3.05, 3.63) is 24.1 Å². The SMILES string of the molecule is CN[C@@H](C)Cn1nnc(-c2ccc(F)cn2)n1. The van der Waals surface area contributed by atoms with Crippen molar-refractivity contribution in [2.75, 3.05) is 7.05 Å². The van der Waals surface area contributed by atoms with E-state index < -0.39 is 0 Å². The van der Waals surface area contributed by atoms with Crippen molar-refractivity contribution < 1.29 is 4.39 Å². The third-order valence-corrected chi connectivity index (χ3v) is 2.34. The maximum atomic E-state index is 12.7. The van der Waals surface area contributed by atoms with Crippen LogP contribution in [0.3, 0.4) is 0 Å². The fraction of sp³-hybridized carbons (Fsp3) is 0.400. The minimum Gasteiger partial charge on any atom is -0.315 e. The molecule has 0 aliphatic rings. The van der Waals surface area contributed by atoms with E-state index in [1.807, 2.05) is 14.0 Å². The fourth-order valence-electron chi connectivity index (χ4n) is 1.27. The lowest BCUT2D eigenvalue weighted by Gasteiger charge is -2.06. The largest absolute Gasteiger partial charge is 0.315 e. The highest BCUT2D eigenvalue weighted by Crippen LogP contribution is 2.09. The standard InChI is InChI=1S/C10H13FN6/c1-7(12-2)6-17-15-10(14-16-17)9-4-3-8(11)5-13-9/h3-5,7,12H,6H2,1-2H3/t7-/m0/s1. The predicted octanol–water partition coefficient (Wildman–Crippen LogP) is 0.482. The van der Waals surface area contributed by atoms with Crippen molar-refractivity contribution in [2.24, 2.45) is 0 Å². The molecule has 0 radical (unpaired) electrons. The zero-order valence-electron chi connectivity index (χ0n) is 9.63. The van der Waals surface area contributed by atoms with Gasteiger partial charge in [-0.15, -0.1) is 10.2 Å². The van der Waals surface area contributed by atoms with Gasteiger partial charge in [-0.1, -0.05) is 0 Å². The van der Waals surface area contributed by atoms with Gasteiger partial charge >= 0.3 is 0 Å². The third kappa shape index (κ3) is 2.82. The molecule has 0 bridgehead atoms. The van der Waals surface area contributed by atoms with Gasteiger partial charge in [-0.2, -0.15) is 4.80 Å². The second-order valence-electron chi connectivity index (χ2n) is 3.72. The van der Waals surface area contributed by atoms with Crippen molar-refractivity contribution in [1.29, 1.82) is 0 Å². The molecule has 0 saturated carbocycles. The molecule has 1 atom stereocenters. The zero-order chi connectivity index (χ0) is 12.3. The average molecular weight is 236 g/mol. The molecular weight excluding hydrogens is 223 g/mol. The first kappa shape index (κ1) is 11.6. The van der Waals surface area contributed by atoms with Crippen LogP contribution in [0, 0.1) is 5.82 Å². The summed E-state index contributed by atoms with van der Waals surface area (Å²) in [4.78, 5) is 5.38. The Morgan fingerprint density at radius 1 is 1.47 bits per heavy atom. The van der Waals surface area contributed by atoms with Crippen LogP contribution in [0.15, 0.2) is 18.3 Å². The van der Waals surface area contributed by atoms with E-state index in [2.05, 4.69) is 25.7 Å². The smallest absolute Gasteiger partial charge is 0.223 e. The quantitative estimate of drug-likeness (QED) is 0.836. The van der Waals surface area contributed by atoms with Gasteiger partial charge in [0, 0.05) is 6.04 Å². The van der Waals surface area contributed by atoms with Crippen LogP contribution in [-0.4, -0.2) is 38.3 Å². The van der Waals surface area contributed by atoms with Crippen LogP contribution in [0.4, 0.5) is 4.39 Å². The van der Waals surface area contributed by atoms with Crippen molar-refractivity contribution >= 4 is 0 Å². The molecule has 0 aromatic carbocycles. The monoisotopic (exact) mass is 236 g/mol. The Labute approximate surface area is 97.9 Å². The Morgan fingerprint density at radius 2 is 2.29 bits per heavy atom. The molecule has 6 nitrogen and oxygen atoms in total. The van der Waals surface area contributed by atoms with E-state index in [0.29, 0.717) is 18.1 Å². The van der Waals surface area contributed by atoms with Gasteiger partial charge in [-0.3, -0.25) is 0 Å². The van der Waals surface area contributed by atoms with E-state index in [1.54, 1.807) is 0 Å². The Morgan fingerprint density at radius 3 is 2.94 bits per heavy atom. The lowest BCUT2D eigenvalue weighted by molar-refractivity contribution is 0.433. The van der Waals surface area contributed by atoms with Gasteiger partial charge in [0.05, 0.1) is 12.7 Å². The summed E-state index contributed by atoms with van der Waals surface area (Å²) >= 11 is 0. The van der Waals surface area contributed by atoms with Gasteiger partial charge in [0.25, 0.3) is 0 Å². The molecular formula is C10H13FN6. The van der Waals surface area contributed by atoms with Crippen molar-refractivity contribution in [3.63, 3.8) is 0 Å². The van der Waals surface area contributed by atoms with Crippen LogP contribution < -0.4 is 5.32 Å². The molecule has 0 spiro atoms. The van der Waals surface area contributed by atoms with E-state index in [-0.39, 0.29) is 11.9 Å². The number of hydrogen-bond acceptors (Lipinski definition) is 5. The van der Waals surface area contributed by atoms with Crippen LogP contribution in [0.2, 0.25) is 0 Å². The summed E-state index contributed by atoms with van der Waals surface area (Å²) in [6, 6.07) is 3.09. The van der Waals surface area contributed by atoms with Crippen LogP contribution in [0.5, 0.6) is 0 Å². The number of hydrogen-bond donors (Lipinski definition) is 1. The fourth-order valence-corrected chi connectivity index (χ4v) is 1.27. The van der Waals surface area contributed by atoms with Crippen LogP contribution in [0.1, 0.15) is 6.92 Å². The molecule has 2 rings (SSSR count). The Bertz CT molecular complexity index is 480. The molecule has 0 aliphatic heterocycles. The average Bonchev–Trinajstić information content (AvgIpc) is 2.78. The Kier molecular flexibility index (Phi) is 3.38. The topological polar surface area (TPSA) is 68.5 Å². The molecule has 2 aromatic heterocycles. The molecule has 90 valence electrons. The van der Waals surface area contributed by atoms with E-state index in [1.165, 1.54) is 16.9 Å². The number of rotatable bonds is 4. The Hall–Kier alpha value is -1.89. The summed E-state index contributed by atoms with van der Waals surface area (Å²) in [6.45, 7) is 2.63. The van der Waals surface area contributed by atoms with Crippen molar-refractivity contribution in [1.82, 2.24) is 30.5 Å². The number of likely N-dealkylation sites (N-methyl/N-ethyl adjacent to an activating group) is 1. The normalized spacial score (nSPS) is 12.6. The molecule has 17 heavy (non-hydrogen) atoms. The third-order valence-electron chi connectivity index (χ3n) is 2.34. The van der Waals surface area contributed by atoms with Gasteiger partial charge in [0.15, 0.2) is 0 Å². The van der Waals surface area contributed by atoms with E-state index in [4.69, 9.17) is 0 Å². The van der Waals surface area contributed by atoms with Gasteiger partial charge in [-0.05, 0) is 31.3 Å². The highest BCUT2D eigenvalue weighted by Gasteiger charge is 2.08. The lowest BCUT2D eigenvalue weighted by Crippen LogP contribution is -2.27. The summed E-state index contributed by atoms with van der Waals surface area (Å²) in [6.07, 6.45) is 1.13. The summed E-state index contributed by atoms with van der Waals surface area (Å²) in [7, 11) is 1.87. The minimum atomic E-state index is -0.384. The molecule has 0 unspecified atom stereocenters. The van der Waals surface area contributed by atoms with Crippen LogP contribution >= 0.6 is 0 Å². The molecule has 0 saturated heterocycles. The van der Waals surface area contributed by atoms with Crippen molar-refractivity contribution in [2.45, 2.75) is 19.5 Å². The highest BCUT2D eigenvalue weighted by molar-refractivity contribution is 5.46. The molecule has 0 amide bonds. The number of aromatic nitrogens is 5. The zero-order valence-corrected chi connectivity index (χ0v) is 9.63. The second-order valence-corrected chi connectivity index (χ2v) is 3.72. The number of tetrazole rings is 1. The highest BCUT2D eigenvalue weighted by atomic mass is 19.1. The van der Waals surface area contributed by atoms with Gasteiger partial charge in [0.2, 0.25) is 5.82 Å². The van der Waals surface area contributed by atoms with Crippen molar-refractivity contribution in [3.8, 4) is 11.5 Å². The first-order valence-electron chi connectivity index (χ1n) is 5.26. The van der Waals surface area contributed by atoms with Gasteiger partial charge in [-0.25, -0.2) is 9.37 Å². The first-order valence-corrected chi connectivity index (χ1v) is 5.26. The Balaban J connectivity index is 2.15. The van der Waals surface area contributed by atoms with Gasteiger partial charge in [0.1, 0.15) is 11.5 Å². The van der Waals surface area contributed by atoms with Gasteiger partial charge < -0.3 is 5.32 Å². The maximum absolute atomic E-state index is 12.7. The van der Waals surface area contributed by atoms with E-state index in [0.717, 1.165) is 6.20 Å². The summed E-state index contributed by atoms with van der Waals surface area (Å²) in [5, 5.41) is 15.0. The first-order chi connectivity index (χ1) is 8.19. The number of nitrogens with zero attached hydrogens (tertiary/aromatic N) is 5. The molecule has 0 aliphatic carbocycles. The number of halogens is 1. The van der Waals surface area contributed by atoms with Crippen LogP contribution in [0.25, 0.3) is 11.5 Å². The number of pyridine rings is 1. The maximum Gasteiger partial charge on any atom is 0.223 e. The summed E-state index contributed by atoms with van der Waals surface area (Å²) in [5.74, 6) is 0.0123. The van der Waals surface area contributed by atoms with E-state index >= 15 is 0 Å². The summed E-state index contributed by atoms with van der Waals surface area (Å²) < 4.78 is 12.7. The lowest BCUT2D eigenvalue weighted by atomic mass is 10.3. The molecule has 2 heterocycles. The molecule has 1 N–H and O–H groups in total. The van der Waals surface area contributed by atoms with Crippen LogP contribution in [-0.2, 0) is 6.54 Å². The summed E-state index contributed by atoms with van der Waals surface area (Å²) in [5.41, 5.74) is 0.509. The predicted molar refractivity (Wildman–Crippen MR) is 59.5 cm³/mol. The van der Waals surface area contributed by atoms with E-state index in [9.17, 15) is 4.39 Å². The molecule has 2 aromatic rings. The molecule has 7 heteroatoms.